The average molecular weight is 311 g/mol. The molecule has 0 amide bonds. The van der Waals surface area contributed by atoms with Crippen molar-refractivity contribution in [3.05, 3.63) is 40.9 Å². The maximum absolute atomic E-state index is 12.9. The van der Waals surface area contributed by atoms with E-state index in [1.165, 1.54) is 12.1 Å². The summed E-state index contributed by atoms with van der Waals surface area (Å²) in [4.78, 5) is 12.0. The third-order valence-corrected chi connectivity index (χ3v) is 2.91. The Morgan fingerprint density at radius 1 is 1.24 bits per heavy atom. The zero-order chi connectivity index (χ0) is 15.2. The average Bonchev–Trinajstić information content (AvgIpc) is 2.45. The predicted molar refractivity (Wildman–Crippen MR) is 79.1 cm³/mol. The third kappa shape index (κ3) is 4.53. The minimum absolute atomic E-state index is 0.0601. The number of aromatic nitrogens is 3. The maximum Gasteiger partial charge on any atom is 0.322 e. The molecule has 0 aliphatic carbocycles. The second-order valence-corrected chi connectivity index (χ2v) is 4.81. The largest absolute Gasteiger partial charge is 0.463 e. The first-order valence-electron chi connectivity index (χ1n) is 6.65. The summed E-state index contributed by atoms with van der Waals surface area (Å²) in [6, 6.07) is 6.29. The lowest BCUT2D eigenvalue weighted by atomic mass is 10.1. The van der Waals surface area contributed by atoms with E-state index in [2.05, 4.69) is 20.3 Å². The molecule has 1 atom stereocenters. The van der Waals surface area contributed by atoms with E-state index < -0.39 is 0 Å². The van der Waals surface area contributed by atoms with Gasteiger partial charge in [-0.3, -0.25) is 0 Å². The molecule has 0 fully saturated rings. The smallest absolute Gasteiger partial charge is 0.322 e. The Kier molecular flexibility index (Phi) is 5.27. The van der Waals surface area contributed by atoms with E-state index in [0.717, 1.165) is 12.0 Å². The van der Waals surface area contributed by atoms with Crippen molar-refractivity contribution in [2.24, 2.45) is 0 Å². The van der Waals surface area contributed by atoms with Gasteiger partial charge in [-0.15, -0.1) is 0 Å². The SMILES string of the molecule is CCCOc1nc(Cl)nc(NC(C)c2ccc(F)cc2)n1. The van der Waals surface area contributed by atoms with Gasteiger partial charge in [-0.2, -0.15) is 15.0 Å². The van der Waals surface area contributed by atoms with E-state index >= 15 is 0 Å². The Bertz CT molecular complexity index is 594. The zero-order valence-corrected chi connectivity index (χ0v) is 12.6. The van der Waals surface area contributed by atoms with Gasteiger partial charge in [0.05, 0.1) is 12.6 Å². The van der Waals surface area contributed by atoms with Gasteiger partial charge in [0.25, 0.3) is 0 Å². The number of anilines is 1. The van der Waals surface area contributed by atoms with Gasteiger partial charge >= 0.3 is 6.01 Å². The molecule has 0 spiro atoms. The normalized spacial score (nSPS) is 12.0. The summed E-state index contributed by atoms with van der Waals surface area (Å²) in [5, 5.41) is 3.15. The molecule has 0 bridgehead atoms. The molecule has 0 saturated carbocycles. The Balaban J connectivity index is 2.10. The number of nitrogens with zero attached hydrogens (tertiary/aromatic N) is 3. The number of halogens is 2. The molecule has 1 aromatic carbocycles. The fraction of sp³-hybridized carbons (Fsp3) is 0.357. The van der Waals surface area contributed by atoms with Gasteiger partial charge < -0.3 is 10.1 Å². The van der Waals surface area contributed by atoms with E-state index in [4.69, 9.17) is 16.3 Å². The summed E-state index contributed by atoms with van der Waals surface area (Å²) in [5.41, 5.74) is 0.906. The van der Waals surface area contributed by atoms with Crippen molar-refractivity contribution in [3.63, 3.8) is 0 Å². The quantitative estimate of drug-likeness (QED) is 0.883. The second-order valence-electron chi connectivity index (χ2n) is 4.48. The highest BCUT2D eigenvalue weighted by molar-refractivity contribution is 6.28. The zero-order valence-electron chi connectivity index (χ0n) is 11.8. The van der Waals surface area contributed by atoms with Crippen LogP contribution in [0.2, 0.25) is 5.28 Å². The van der Waals surface area contributed by atoms with Crippen LogP contribution in [0, 0.1) is 5.82 Å². The maximum atomic E-state index is 12.9. The minimum Gasteiger partial charge on any atom is -0.463 e. The van der Waals surface area contributed by atoms with Gasteiger partial charge in [0.15, 0.2) is 0 Å². The van der Waals surface area contributed by atoms with Gasteiger partial charge in [-0.05, 0) is 42.6 Å². The van der Waals surface area contributed by atoms with Crippen molar-refractivity contribution < 1.29 is 9.13 Å². The third-order valence-electron chi connectivity index (χ3n) is 2.74. The van der Waals surface area contributed by atoms with Gasteiger partial charge in [-0.25, -0.2) is 4.39 Å². The van der Waals surface area contributed by atoms with Crippen molar-refractivity contribution in [2.75, 3.05) is 11.9 Å². The number of benzene rings is 1. The van der Waals surface area contributed by atoms with Crippen LogP contribution in [0.4, 0.5) is 10.3 Å². The molecule has 112 valence electrons. The molecule has 2 rings (SSSR count). The lowest BCUT2D eigenvalue weighted by molar-refractivity contribution is 0.291. The monoisotopic (exact) mass is 310 g/mol. The van der Waals surface area contributed by atoms with Crippen molar-refractivity contribution in [1.29, 1.82) is 0 Å². The fourth-order valence-corrected chi connectivity index (χ4v) is 1.84. The molecule has 21 heavy (non-hydrogen) atoms. The van der Waals surface area contributed by atoms with Crippen LogP contribution in [0.15, 0.2) is 24.3 Å². The summed E-state index contributed by atoms with van der Waals surface area (Å²) in [5.74, 6) is 0.0438. The van der Waals surface area contributed by atoms with Crippen molar-refractivity contribution in [1.82, 2.24) is 15.0 Å². The molecular weight excluding hydrogens is 295 g/mol. The van der Waals surface area contributed by atoms with Crippen molar-refractivity contribution in [2.45, 2.75) is 26.3 Å². The topological polar surface area (TPSA) is 59.9 Å². The van der Waals surface area contributed by atoms with E-state index in [9.17, 15) is 4.39 Å². The first kappa shape index (κ1) is 15.4. The van der Waals surface area contributed by atoms with Gasteiger partial charge in [0.2, 0.25) is 11.2 Å². The van der Waals surface area contributed by atoms with E-state index in [0.29, 0.717) is 12.6 Å². The summed E-state index contributed by atoms with van der Waals surface area (Å²) in [6.07, 6.45) is 0.845. The van der Waals surface area contributed by atoms with E-state index in [1.54, 1.807) is 12.1 Å². The number of hydrogen-bond donors (Lipinski definition) is 1. The molecule has 1 aromatic heterocycles. The number of ether oxygens (including phenoxy) is 1. The summed E-state index contributed by atoms with van der Waals surface area (Å²) in [6.45, 7) is 4.41. The lowest BCUT2D eigenvalue weighted by Gasteiger charge is -2.14. The van der Waals surface area contributed by atoms with Crippen LogP contribution >= 0.6 is 11.6 Å². The highest BCUT2D eigenvalue weighted by Crippen LogP contribution is 2.19. The molecule has 0 radical (unpaired) electrons. The molecule has 0 aliphatic rings. The molecular formula is C14H16ClFN4O. The van der Waals surface area contributed by atoms with E-state index in [1.807, 2.05) is 13.8 Å². The second kappa shape index (κ2) is 7.17. The highest BCUT2D eigenvalue weighted by Gasteiger charge is 2.10. The van der Waals surface area contributed by atoms with Crippen LogP contribution in [0.1, 0.15) is 31.9 Å². The summed E-state index contributed by atoms with van der Waals surface area (Å²) < 4.78 is 18.3. The predicted octanol–water partition coefficient (Wildman–Crippen LogP) is 3.63. The number of rotatable bonds is 6. The number of hydrogen-bond acceptors (Lipinski definition) is 5. The van der Waals surface area contributed by atoms with Crippen LogP contribution in [-0.4, -0.2) is 21.6 Å². The van der Waals surface area contributed by atoms with Crippen LogP contribution in [0.25, 0.3) is 0 Å². The van der Waals surface area contributed by atoms with E-state index in [-0.39, 0.29) is 23.2 Å². The first-order valence-corrected chi connectivity index (χ1v) is 7.02. The Hall–Kier alpha value is -1.95. The molecule has 1 N–H and O–H groups in total. The van der Waals surface area contributed by atoms with Gasteiger partial charge in [0, 0.05) is 0 Å². The molecule has 7 heteroatoms. The summed E-state index contributed by atoms with van der Waals surface area (Å²) in [7, 11) is 0. The first-order chi connectivity index (χ1) is 10.1. The fourth-order valence-electron chi connectivity index (χ4n) is 1.68. The van der Waals surface area contributed by atoms with Crippen molar-refractivity contribution >= 4 is 17.5 Å². The molecule has 5 nitrogen and oxygen atoms in total. The van der Waals surface area contributed by atoms with Crippen LogP contribution in [0.5, 0.6) is 6.01 Å². The molecule has 1 heterocycles. The highest BCUT2D eigenvalue weighted by atomic mass is 35.5. The molecule has 1 unspecified atom stereocenters. The van der Waals surface area contributed by atoms with Crippen LogP contribution in [-0.2, 0) is 0 Å². The molecule has 2 aromatic rings. The van der Waals surface area contributed by atoms with Gasteiger partial charge in [-0.1, -0.05) is 19.1 Å². The minimum atomic E-state index is -0.274. The summed E-state index contributed by atoms with van der Waals surface area (Å²) >= 11 is 5.85. The Labute approximate surface area is 127 Å². The molecule has 0 saturated heterocycles. The number of nitrogens with one attached hydrogen (secondary N) is 1. The lowest BCUT2D eigenvalue weighted by Crippen LogP contribution is -2.11. The Morgan fingerprint density at radius 3 is 2.62 bits per heavy atom. The van der Waals surface area contributed by atoms with Crippen molar-refractivity contribution in [3.8, 4) is 6.01 Å². The molecule has 0 aliphatic heterocycles. The Morgan fingerprint density at radius 2 is 1.95 bits per heavy atom. The van der Waals surface area contributed by atoms with Crippen LogP contribution in [0.3, 0.4) is 0 Å². The van der Waals surface area contributed by atoms with Gasteiger partial charge in [0.1, 0.15) is 5.82 Å². The standard InChI is InChI=1S/C14H16ClFN4O/c1-3-8-21-14-19-12(15)18-13(20-14)17-9(2)10-4-6-11(16)7-5-10/h4-7,9H,3,8H2,1-2H3,(H,17,18,19,20). The van der Waals surface area contributed by atoms with Crippen LogP contribution < -0.4 is 10.1 Å².